The van der Waals surface area contributed by atoms with Gasteiger partial charge in [-0.15, -0.1) is 0 Å². The predicted molar refractivity (Wildman–Crippen MR) is 94.1 cm³/mol. The fourth-order valence-electron chi connectivity index (χ4n) is 5.11. The van der Waals surface area contributed by atoms with E-state index >= 15 is 0 Å². The second kappa shape index (κ2) is 7.59. The fraction of sp³-hybridized carbons (Fsp3) is 0.619. The Labute approximate surface area is 152 Å². The molecule has 4 atom stereocenters. The molecule has 0 radical (unpaired) electrons. The summed E-state index contributed by atoms with van der Waals surface area (Å²) in [4.78, 5) is 2.56. The second-order valence-corrected chi connectivity index (χ2v) is 7.83. The van der Waals surface area contributed by atoms with Crippen LogP contribution in [0.5, 0.6) is 0 Å². The molecule has 3 heteroatoms. The molecule has 2 aliphatic carbocycles. The monoisotopic (exact) mass is 346 g/mol. The van der Waals surface area contributed by atoms with Crippen molar-refractivity contribution in [1.82, 2.24) is 4.90 Å². The van der Waals surface area contributed by atoms with Crippen LogP contribution in [0.3, 0.4) is 0 Å². The van der Waals surface area contributed by atoms with Gasteiger partial charge >= 0.3 is 0 Å². The minimum atomic E-state index is -0.664. The van der Waals surface area contributed by atoms with Crippen molar-refractivity contribution in [3.8, 4) is 0 Å². The lowest BCUT2D eigenvalue weighted by Gasteiger charge is -2.40. The van der Waals surface area contributed by atoms with Crippen LogP contribution in [0.25, 0.3) is 0 Å². The van der Waals surface area contributed by atoms with Crippen LogP contribution in [0, 0.1) is 17.8 Å². The lowest BCUT2D eigenvalue weighted by atomic mass is 9.72. The smallest absolute Gasteiger partial charge is 0.0942 e. The minimum Gasteiger partial charge on any atom is -1.00 e. The van der Waals surface area contributed by atoms with Crippen molar-refractivity contribution in [2.75, 3.05) is 19.6 Å². The van der Waals surface area contributed by atoms with E-state index in [4.69, 9.17) is 0 Å². The largest absolute Gasteiger partial charge is 1.00 e. The SMILES string of the molecule is OC(CCN1CCCCC1)(c1ccccc1)C1C[C@@H]2C=C[C@H]1C2.[Cl-]. The summed E-state index contributed by atoms with van der Waals surface area (Å²) in [6, 6.07) is 10.5. The Hall–Kier alpha value is -0.830. The highest BCUT2D eigenvalue weighted by Gasteiger charge is 2.48. The highest BCUT2D eigenvalue weighted by molar-refractivity contribution is 5.27. The summed E-state index contributed by atoms with van der Waals surface area (Å²) in [5.74, 6) is 1.67. The van der Waals surface area contributed by atoms with E-state index < -0.39 is 5.60 Å². The number of rotatable bonds is 5. The van der Waals surface area contributed by atoms with Gasteiger partial charge in [0, 0.05) is 6.54 Å². The zero-order valence-electron chi connectivity index (χ0n) is 14.4. The highest BCUT2D eigenvalue weighted by Crippen LogP contribution is 2.52. The molecule has 1 aromatic carbocycles. The molecule has 0 spiro atoms. The lowest BCUT2D eigenvalue weighted by molar-refractivity contribution is -0.0495. The first-order chi connectivity index (χ1) is 11.3. The zero-order valence-corrected chi connectivity index (χ0v) is 15.2. The standard InChI is InChI=1S/C21H29NO.ClH/c23-21(19-7-3-1-4-8-19,11-14-22-12-5-2-6-13-22)20-16-17-9-10-18(20)15-17;/h1,3-4,7-10,17-18,20,23H,2,5-6,11-16H2;1H/p-1/t17-,18+,20?,21?;/m1./s1. The van der Waals surface area contributed by atoms with Crippen molar-refractivity contribution in [3.63, 3.8) is 0 Å². The molecule has 24 heavy (non-hydrogen) atoms. The van der Waals surface area contributed by atoms with Crippen LogP contribution in [-0.2, 0) is 5.60 Å². The average molecular weight is 347 g/mol. The Morgan fingerprint density at radius 1 is 1.00 bits per heavy atom. The molecule has 0 amide bonds. The van der Waals surface area contributed by atoms with Gasteiger partial charge in [-0.05, 0) is 68.5 Å². The summed E-state index contributed by atoms with van der Waals surface area (Å²) < 4.78 is 0. The van der Waals surface area contributed by atoms with Gasteiger partial charge in [0.15, 0.2) is 0 Å². The summed E-state index contributed by atoms with van der Waals surface area (Å²) in [7, 11) is 0. The number of nitrogens with zero attached hydrogens (tertiary/aromatic N) is 1. The molecule has 1 saturated carbocycles. The van der Waals surface area contributed by atoms with E-state index in [0.717, 1.165) is 24.9 Å². The molecule has 2 bridgehead atoms. The van der Waals surface area contributed by atoms with Crippen LogP contribution in [0.2, 0.25) is 0 Å². The van der Waals surface area contributed by atoms with Gasteiger partial charge < -0.3 is 22.4 Å². The summed E-state index contributed by atoms with van der Waals surface area (Å²) in [6.45, 7) is 3.45. The minimum absolute atomic E-state index is 0. The predicted octanol–water partition coefficient (Wildman–Crippen LogP) is 0.966. The number of halogens is 1. The molecular weight excluding hydrogens is 318 g/mol. The normalized spacial score (nSPS) is 31.6. The number of allylic oxidation sites excluding steroid dienone is 2. The number of likely N-dealkylation sites (tertiary alicyclic amines) is 1. The van der Waals surface area contributed by atoms with Gasteiger partial charge in [0.1, 0.15) is 0 Å². The molecule has 1 heterocycles. The number of piperidine rings is 1. The number of benzene rings is 1. The third-order valence-electron chi connectivity index (χ3n) is 6.42. The maximum atomic E-state index is 11.8. The Bertz CT molecular complexity index is 554. The third-order valence-corrected chi connectivity index (χ3v) is 6.42. The van der Waals surface area contributed by atoms with Crippen molar-refractivity contribution >= 4 is 0 Å². The van der Waals surface area contributed by atoms with Crippen molar-refractivity contribution in [3.05, 3.63) is 48.0 Å². The van der Waals surface area contributed by atoms with Crippen molar-refractivity contribution in [1.29, 1.82) is 0 Å². The van der Waals surface area contributed by atoms with Gasteiger partial charge in [0.05, 0.1) is 5.60 Å². The first kappa shape index (κ1) is 18.0. The van der Waals surface area contributed by atoms with Gasteiger partial charge in [-0.1, -0.05) is 48.9 Å². The Morgan fingerprint density at radius 2 is 1.75 bits per heavy atom. The summed E-state index contributed by atoms with van der Waals surface area (Å²) in [6.07, 6.45) is 12.0. The fourth-order valence-corrected chi connectivity index (χ4v) is 5.11. The highest BCUT2D eigenvalue weighted by atomic mass is 35.5. The molecule has 1 aliphatic heterocycles. The molecule has 1 aromatic rings. The lowest BCUT2D eigenvalue weighted by Crippen LogP contribution is -3.00. The van der Waals surface area contributed by atoms with E-state index in [1.165, 1.54) is 38.8 Å². The van der Waals surface area contributed by atoms with Crippen molar-refractivity contribution in [2.45, 2.75) is 44.1 Å². The van der Waals surface area contributed by atoms with E-state index in [9.17, 15) is 5.11 Å². The third kappa shape index (κ3) is 3.42. The maximum Gasteiger partial charge on any atom is 0.0942 e. The second-order valence-electron chi connectivity index (χ2n) is 7.83. The molecule has 2 fully saturated rings. The Morgan fingerprint density at radius 3 is 2.38 bits per heavy atom. The van der Waals surface area contributed by atoms with Crippen molar-refractivity contribution < 1.29 is 17.5 Å². The molecule has 4 rings (SSSR count). The van der Waals surface area contributed by atoms with Crippen LogP contribution in [0.4, 0.5) is 0 Å². The molecule has 2 nitrogen and oxygen atoms in total. The van der Waals surface area contributed by atoms with Gasteiger partial charge in [0.2, 0.25) is 0 Å². The van der Waals surface area contributed by atoms with Crippen LogP contribution >= 0.6 is 0 Å². The number of hydrogen-bond donors (Lipinski definition) is 1. The molecule has 132 valence electrons. The van der Waals surface area contributed by atoms with E-state index in [1.54, 1.807) is 0 Å². The molecule has 2 unspecified atom stereocenters. The topological polar surface area (TPSA) is 23.5 Å². The van der Waals surface area contributed by atoms with Crippen LogP contribution < -0.4 is 12.4 Å². The molecule has 3 aliphatic rings. The summed E-state index contributed by atoms with van der Waals surface area (Å²) >= 11 is 0. The van der Waals surface area contributed by atoms with Crippen molar-refractivity contribution in [2.24, 2.45) is 17.8 Å². The molecule has 1 saturated heterocycles. The van der Waals surface area contributed by atoms with E-state index in [0.29, 0.717) is 17.8 Å². The quantitative estimate of drug-likeness (QED) is 0.803. The first-order valence-electron chi connectivity index (χ1n) is 9.44. The Balaban J connectivity index is 0.00000169. The summed E-state index contributed by atoms with van der Waals surface area (Å²) in [5.41, 5.74) is 0.464. The van der Waals surface area contributed by atoms with E-state index in [2.05, 4.69) is 47.4 Å². The van der Waals surface area contributed by atoms with Gasteiger partial charge in [-0.3, -0.25) is 0 Å². The maximum absolute atomic E-state index is 11.8. The number of hydrogen-bond acceptors (Lipinski definition) is 2. The van der Waals surface area contributed by atoms with Crippen LogP contribution in [-0.4, -0.2) is 29.6 Å². The average Bonchev–Trinajstić information content (AvgIpc) is 3.25. The zero-order chi connectivity index (χ0) is 15.7. The van der Waals surface area contributed by atoms with E-state index in [-0.39, 0.29) is 12.4 Å². The molecule has 0 aromatic heterocycles. The van der Waals surface area contributed by atoms with Gasteiger partial charge in [0.25, 0.3) is 0 Å². The number of aliphatic hydroxyl groups is 1. The van der Waals surface area contributed by atoms with Gasteiger partial charge in [-0.25, -0.2) is 0 Å². The first-order valence-corrected chi connectivity index (χ1v) is 9.44. The molecule has 1 N–H and O–H groups in total. The van der Waals surface area contributed by atoms with Crippen LogP contribution in [0.15, 0.2) is 42.5 Å². The van der Waals surface area contributed by atoms with Crippen LogP contribution in [0.1, 0.15) is 44.1 Å². The Kier molecular flexibility index (Phi) is 5.69. The van der Waals surface area contributed by atoms with E-state index in [1.807, 2.05) is 0 Å². The van der Waals surface area contributed by atoms with Gasteiger partial charge in [-0.2, -0.15) is 0 Å². The number of fused-ring (bicyclic) bond motifs is 2. The summed E-state index contributed by atoms with van der Waals surface area (Å²) in [5, 5.41) is 11.8. The molecular formula is C21H29ClNO-.